The molecule has 1 N–H and O–H groups in total. The molecular formula is C17H16O3S. The van der Waals surface area contributed by atoms with E-state index >= 15 is 0 Å². The normalized spacial score (nSPS) is 17.2. The Hall–Kier alpha value is -1.78. The van der Waals surface area contributed by atoms with Crippen LogP contribution in [0.1, 0.15) is 27.6 Å². The van der Waals surface area contributed by atoms with E-state index in [4.69, 9.17) is 9.84 Å². The highest BCUT2D eigenvalue weighted by atomic mass is 32.2. The van der Waals surface area contributed by atoms with Crippen molar-refractivity contribution in [2.45, 2.75) is 17.4 Å². The zero-order chi connectivity index (χ0) is 14.7. The number of benzene rings is 2. The summed E-state index contributed by atoms with van der Waals surface area (Å²) in [6.45, 7) is 0.764. The molecule has 2 aromatic rings. The van der Waals surface area contributed by atoms with Crippen LogP contribution < -0.4 is 0 Å². The molecule has 108 valence electrons. The van der Waals surface area contributed by atoms with Crippen LogP contribution in [-0.4, -0.2) is 23.4 Å². The molecule has 0 aliphatic carbocycles. The third kappa shape index (κ3) is 3.28. The molecule has 1 unspecified atom stereocenters. The van der Waals surface area contributed by atoms with E-state index in [1.54, 1.807) is 23.9 Å². The van der Waals surface area contributed by atoms with Gasteiger partial charge in [-0.2, -0.15) is 0 Å². The van der Waals surface area contributed by atoms with Gasteiger partial charge in [-0.05, 0) is 41.8 Å². The zero-order valence-corrected chi connectivity index (χ0v) is 12.3. The molecular weight excluding hydrogens is 284 g/mol. The zero-order valence-electron chi connectivity index (χ0n) is 11.5. The average Bonchev–Trinajstić information content (AvgIpc) is 2.53. The summed E-state index contributed by atoms with van der Waals surface area (Å²) in [7, 11) is 0. The Morgan fingerprint density at radius 2 is 1.95 bits per heavy atom. The van der Waals surface area contributed by atoms with E-state index in [9.17, 15) is 4.79 Å². The van der Waals surface area contributed by atoms with E-state index in [2.05, 4.69) is 18.2 Å². The second kappa shape index (κ2) is 6.33. The quantitative estimate of drug-likeness (QED) is 0.873. The molecule has 1 aliphatic heterocycles. The van der Waals surface area contributed by atoms with Gasteiger partial charge in [0.2, 0.25) is 0 Å². The summed E-state index contributed by atoms with van der Waals surface area (Å²) in [4.78, 5) is 11.9. The minimum absolute atomic E-state index is 0.110. The van der Waals surface area contributed by atoms with Crippen molar-refractivity contribution in [3.63, 3.8) is 0 Å². The Balaban J connectivity index is 1.67. The smallest absolute Gasteiger partial charge is 0.335 e. The van der Waals surface area contributed by atoms with Gasteiger partial charge in [-0.3, -0.25) is 0 Å². The van der Waals surface area contributed by atoms with Crippen LogP contribution in [0.5, 0.6) is 0 Å². The first-order valence-electron chi connectivity index (χ1n) is 6.89. The van der Waals surface area contributed by atoms with Crippen molar-refractivity contribution in [3.05, 3.63) is 65.2 Å². The molecule has 3 nitrogen and oxygen atoms in total. The largest absolute Gasteiger partial charge is 0.478 e. The lowest BCUT2D eigenvalue weighted by Gasteiger charge is -2.25. The van der Waals surface area contributed by atoms with Crippen molar-refractivity contribution in [2.24, 2.45) is 0 Å². The SMILES string of the molecule is O=C(O)c1ccc(SCC2OCCc3ccccc32)cc1. The number of carbonyl (C=O) groups is 1. The molecule has 0 fully saturated rings. The highest BCUT2D eigenvalue weighted by Gasteiger charge is 2.20. The van der Waals surface area contributed by atoms with Crippen LogP contribution in [0.15, 0.2) is 53.4 Å². The summed E-state index contributed by atoms with van der Waals surface area (Å²) in [6.07, 6.45) is 1.09. The number of fused-ring (bicyclic) bond motifs is 1. The van der Waals surface area contributed by atoms with Gasteiger partial charge in [-0.15, -0.1) is 11.8 Å². The molecule has 1 atom stereocenters. The van der Waals surface area contributed by atoms with Crippen LogP contribution in [0.2, 0.25) is 0 Å². The van der Waals surface area contributed by atoms with Crippen molar-refractivity contribution in [3.8, 4) is 0 Å². The summed E-state index contributed by atoms with van der Waals surface area (Å²) in [5, 5.41) is 8.89. The number of rotatable bonds is 4. The van der Waals surface area contributed by atoms with Gasteiger partial charge in [0, 0.05) is 10.6 Å². The first-order chi connectivity index (χ1) is 10.2. The molecule has 0 amide bonds. The monoisotopic (exact) mass is 300 g/mol. The Morgan fingerprint density at radius 3 is 2.71 bits per heavy atom. The van der Waals surface area contributed by atoms with E-state index < -0.39 is 5.97 Å². The van der Waals surface area contributed by atoms with Gasteiger partial charge in [-0.25, -0.2) is 4.79 Å². The van der Waals surface area contributed by atoms with Crippen molar-refractivity contribution < 1.29 is 14.6 Å². The minimum atomic E-state index is -0.893. The molecule has 2 aromatic carbocycles. The highest BCUT2D eigenvalue weighted by molar-refractivity contribution is 7.99. The van der Waals surface area contributed by atoms with E-state index in [0.29, 0.717) is 5.56 Å². The standard InChI is InChI=1S/C17H16O3S/c18-17(19)13-5-7-14(8-6-13)21-11-16-15-4-2-1-3-12(15)9-10-20-16/h1-8,16H,9-11H2,(H,18,19). The lowest BCUT2D eigenvalue weighted by Crippen LogP contribution is -2.17. The first-order valence-corrected chi connectivity index (χ1v) is 7.88. The number of ether oxygens (including phenoxy) is 1. The number of aromatic carboxylic acids is 1. The topological polar surface area (TPSA) is 46.5 Å². The fourth-order valence-corrected chi connectivity index (χ4v) is 3.43. The molecule has 1 aliphatic rings. The van der Waals surface area contributed by atoms with Crippen LogP contribution in [0.4, 0.5) is 0 Å². The summed E-state index contributed by atoms with van der Waals surface area (Å²) in [6, 6.07) is 15.4. The fourth-order valence-electron chi connectivity index (χ4n) is 2.48. The molecule has 3 rings (SSSR count). The van der Waals surface area contributed by atoms with Gasteiger partial charge < -0.3 is 9.84 Å². The average molecular weight is 300 g/mol. The van der Waals surface area contributed by atoms with Crippen LogP contribution in [0.3, 0.4) is 0 Å². The second-order valence-electron chi connectivity index (χ2n) is 4.95. The van der Waals surface area contributed by atoms with Crippen molar-refractivity contribution in [1.82, 2.24) is 0 Å². The minimum Gasteiger partial charge on any atom is -0.478 e. The Morgan fingerprint density at radius 1 is 1.19 bits per heavy atom. The van der Waals surface area contributed by atoms with Crippen molar-refractivity contribution in [1.29, 1.82) is 0 Å². The van der Waals surface area contributed by atoms with Gasteiger partial charge >= 0.3 is 5.97 Å². The molecule has 0 aromatic heterocycles. The summed E-state index contributed by atoms with van der Waals surface area (Å²) < 4.78 is 5.87. The number of carboxylic acids is 1. The molecule has 1 heterocycles. The van der Waals surface area contributed by atoms with E-state index in [1.807, 2.05) is 18.2 Å². The molecule has 21 heavy (non-hydrogen) atoms. The maximum absolute atomic E-state index is 10.8. The van der Waals surface area contributed by atoms with E-state index in [1.165, 1.54) is 11.1 Å². The van der Waals surface area contributed by atoms with Crippen molar-refractivity contribution >= 4 is 17.7 Å². The molecule has 0 bridgehead atoms. The van der Waals surface area contributed by atoms with Gasteiger partial charge in [0.25, 0.3) is 0 Å². The predicted molar refractivity (Wildman–Crippen MR) is 83.0 cm³/mol. The maximum atomic E-state index is 10.8. The van der Waals surface area contributed by atoms with E-state index in [-0.39, 0.29) is 6.10 Å². The fraction of sp³-hybridized carbons (Fsp3) is 0.235. The summed E-state index contributed by atoms with van der Waals surface area (Å²) in [5.41, 5.74) is 2.97. The van der Waals surface area contributed by atoms with Crippen LogP contribution in [-0.2, 0) is 11.2 Å². The number of hydrogen-bond donors (Lipinski definition) is 1. The Labute approximate surface area is 127 Å². The highest BCUT2D eigenvalue weighted by Crippen LogP contribution is 2.32. The van der Waals surface area contributed by atoms with Crippen molar-refractivity contribution in [2.75, 3.05) is 12.4 Å². The van der Waals surface area contributed by atoms with Crippen LogP contribution >= 0.6 is 11.8 Å². The molecule has 0 spiro atoms. The lowest BCUT2D eigenvalue weighted by molar-refractivity contribution is 0.0588. The third-order valence-corrected chi connectivity index (χ3v) is 4.67. The number of hydrogen-bond acceptors (Lipinski definition) is 3. The summed E-state index contributed by atoms with van der Waals surface area (Å²) in [5.74, 6) is -0.0558. The third-order valence-electron chi connectivity index (χ3n) is 3.60. The van der Waals surface area contributed by atoms with Crippen LogP contribution in [0, 0.1) is 0 Å². The van der Waals surface area contributed by atoms with Gasteiger partial charge in [0.05, 0.1) is 18.3 Å². The Kier molecular flexibility index (Phi) is 4.27. The van der Waals surface area contributed by atoms with Gasteiger partial charge in [-0.1, -0.05) is 24.3 Å². The summed E-state index contributed by atoms with van der Waals surface area (Å²) >= 11 is 1.69. The molecule has 0 saturated heterocycles. The second-order valence-corrected chi connectivity index (χ2v) is 6.04. The molecule has 4 heteroatoms. The predicted octanol–water partition coefficient (Wildman–Crippen LogP) is 3.79. The lowest BCUT2D eigenvalue weighted by atomic mass is 9.99. The molecule has 0 saturated carbocycles. The number of carboxylic acid groups (broad SMARTS) is 1. The maximum Gasteiger partial charge on any atom is 0.335 e. The van der Waals surface area contributed by atoms with Gasteiger partial charge in [0.15, 0.2) is 0 Å². The Bertz CT molecular complexity index is 637. The first kappa shape index (κ1) is 14.2. The van der Waals surface area contributed by atoms with Gasteiger partial charge in [0.1, 0.15) is 0 Å². The number of thioether (sulfide) groups is 1. The van der Waals surface area contributed by atoms with Crippen LogP contribution in [0.25, 0.3) is 0 Å². The molecule has 0 radical (unpaired) electrons. The van der Waals surface area contributed by atoms with E-state index in [0.717, 1.165) is 23.7 Å².